The van der Waals surface area contributed by atoms with Gasteiger partial charge in [0.15, 0.2) is 6.73 Å². The number of aliphatic hydroxyl groups is 1. The fourth-order valence-electron chi connectivity index (χ4n) is 2.23. The molecule has 0 aromatic rings. The van der Waals surface area contributed by atoms with Crippen molar-refractivity contribution < 1.29 is 26.6 Å². The van der Waals surface area contributed by atoms with Crippen LogP contribution in [0.25, 0.3) is 0 Å². The third-order valence-corrected chi connectivity index (χ3v) is 3.51. The summed E-state index contributed by atoms with van der Waals surface area (Å²) in [5.74, 6) is 0. The molecule has 2 nitrogen and oxygen atoms in total. The minimum atomic E-state index is 0. The van der Waals surface area contributed by atoms with Gasteiger partial charge in [-0.15, -0.1) is 0 Å². The predicted octanol–water partition coefficient (Wildman–Crippen LogP) is 0.547. The molecule has 3 heteroatoms. The van der Waals surface area contributed by atoms with Crippen LogP contribution < -0.4 is 17.0 Å². The second kappa shape index (κ2) is 12.8. The number of aliphatic hydroxyl groups excluding tert-OH is 1. The van der Waals surface area contributed by atoms with E-state index in [-0.39, 0.29) is 17.0 Å². The van der Waals surface area contributed by atoms with Crippen LogP contribution in [0.1, 0.15) is 65.7 Å². The molecule has 0 bridgehead atoms. The first-order valence-corrected chi connectivity index (χ1v) is 7.20. The van der Waals surface area contributed by atoms with Crippen LogP contribution in [0.2, 0.25) is 0 Å². The SMILES string of the molecule is CCCCC[N+](CO)(CCCC)CCCC.[Br-]. The Bertz CT molecular complexity index is 145. The lowest BCUT2D eigenvalue weighted by atomic mass is 10.1. The summed E-state index contributed by atoms with van der Waals surface area (Å²) in [5, 5.41) is 9.70. The van der Waals surface area contributed by atoms with E-state index < -0.39 is 0 Å². The molecular weight excluding hydrogens is 278 g/mol. The van der Waals surface area contributed by atoms with Gasteiger partial charge in [0, 0.05) is 0 Å². The van der Waals surface area contributed by atoms with Crippen molar-refractivity contribution in [3.05, 3.63) is 0 Å². The molecule has 0 rings (SSSR count). The normalized spacial score (nSPS) is 11.3. The molecule has 0 amide bonds. The molecule has 0 heterocycles. The molecule has 0 saturated heterocycles. The summed E-state index contributed by atoms with van der Waals surface area (Å²) in [6.45, 7) is 10.5. The van der Waals surface area contributed by atoms with E-state index in [1.165, 1.54) is 51.5 Å². The number of hydrogen-bond donors (Lipinski definition) is 1. The van der Waals surface area contributed by atoms with Crippen molar-refractivity contribution in [3.63, 3.8) is 0 Å². The Morgan fingerprint density at radius 2 is 1.12 bits per heavy atom. The highest BCUT2D eigenvalue weighted by atomic mass is 79.9. The van der Waals surface area contributed by atoms with Crippen molar-refractivity contribution in [2.24, 2.45) is 0 Å². The van der Waals surface area contributed by atoms with Crippen LogP contribution >= 0.6 is 0 Å². The van der Waals surface area contributed by atoms with Gasteiger partial charge in [-0.3, -0.25) is 0 Å². The first-order valence-electron chi connectivity index (χ1n) is 7.20. The van der Waals surface area contributed by atoms with Gasteiger partial charge in [-0.2, -0.15) is 0 Å². The van der Waals surface area contributed by atoms with E-state index in [1.807, 2.05) is 0 Å². The van der Waals surface area contributed by atoms with Crippen LogP contribution in [0.5, 0.6) is 0 Å². The second-order valence-electron chi connectivity index (χ2n) is 5.07. The minimum Gasteiger partial charge on any atom is -1.00 e. The molecule has 0 saturated carbocycles. The molecule has 0 aromatic carbocycles. The number of halogens is 1. The maximum atomic E-state index is 9.70. The molecule has 0 aromatic heterocycles. The largest absolute Gasteiger partial charge is 1.00 e. The fourth-order valence-corrected chi connectivity index (χ4v) is 2.23. The predicted molar refractivity (Wildman–Crippen MR) is 71.3 cm³/mol. The monoisotopic (exact) mass is 309 g/mol. The molecule has 0 unspecified atom stereocenters. The summed E-state index contributed by atoms with van der Waals surface area (Å²) in [6.07, 6.45) is 8.81. The molecule has 0 fully saturated rings. The molecule has 0 atom stereocenters. The van der Waals surface area contributed by atoms with Gasteiger partial charge in [0.1, 0.15) is 0 Å². The first kappa shape index (κ1) is 19.7. The van der Waals surface area contributed by atoms with E-state index in [0.717, 1.165) is 17.6 Å². The van der Waals surface area contributed by atoms with E-state index in [2.05, 4.69) is 20.8 Å². The van der Waals surface area contributed by atoms with Gasteiger partial charge in [0.25, 0.3) is 0 Å². The highest BCUT2D eigenvalue weighted by Gasteiger charge is 2.24. The molecular formula is C14H32BrNO. The van der Waals surface area contributed by atoms with Crippen LogP contribution in [0, 0.1) is 0 Å². The quantitative estimate of drug-likeness (QED) is 0.336. The van der Waals surface area contributed by atoms with E-state index in [9.17, 15) is 5.11 Å². The van der Waals surface area contributed by atoms with E-state index >= 15 is 0 Å². The van der Waals surface area contributed by atoms with Crippen LogP contribution in [0.3, 0.4) is 0 Å². The average molecular weight is 310 g/mol. The van der Waals surface area contributed by atoms with Gasteiger partial charge in [-0.1, -0.05) is 40.0 Å². The highest BCUT2D eigenvalue weighted by Crippen LogP contribution is 2.14. The Balaban J connectivity index is 0. The zero-order chi connectivity index (χ0) is 12.3. The molecule has 0 aliphatic carbocycles. The van der Waals surface area contributed by atoms with Crippen molar-refractivity contribution in [1.82, 2.24) is 0 Å². The van der Waals surface area contributed by atoms with Gasteiger partial charge < -0.3 is 26.6 Å². The topological polar surface area (TPSA) is 20.2 Å². The van der Waals surface area contributed by atoms with Gasteiger partial charge in [-0.25, -0.2) is 0 Å². The average Bonchev–Trinajstić information content (AvgIpc) is 2.32. The van der Waals surface area contributed by atoms with Crippen LogP contribution in [-0.4, -0.2) is 36.0 Å². The summed E-state index contributed by atoms with van der Waals surface area (Å²) in [7, 11) is 0. The molecule has 1 N–H and O–H groups in total. The van der Waals surface area contributed by atoms with Gasteiger partial charge in [-0.05, 0) is 25.7 Å². The van der Waals surface area contributed by atoms with Crippen LogP contribution in [0.15, 0.2) is 0 Å². The van der Waals surface area contributed by atoms with Crippen LogP contribution in [0.4, 0.5) is 0 Å². The summed E-state index contributed by atoms with van der Waals surface area (Å²) in [5.41, 5.74) is 0. The minimum absolute atomic E-state index is 0. The van der Waals surface area contributed by atoms with Gasteiger partial charge in [0.2, 0.25) is 0 Å². The molecule has 106 valence electrons. The third-order valence-electron chi connectivity index (χ3n) is 3.51. The smallest absolute Gasteiger partial charge is 0.180 e. The zero-order valence-corrected chi connectivity index (χ0v) is 13.6. The Morgan fingerprint density at radius 1 is 0.706 bits per heavy atom. The van der Waals surface area contributed by atoms with Crippen molar-refractivity contribution in [2.45, 2.75) is 65.7 Å². The van der Waals surface area contributed by atoms with Crippen molar-refractivity contribution in [3.8, 4) is 0 Å². The Kier molecular flexibility index (Phi) is 14.9. The van der Waals surface area contributed by atoms with Gasteiger partial charge >= 0.3 is 0 Å². The highest BCUT2D eigenvalue weighted by molar-refractivity contribution is 4.46. The lowest BCUT2D eigenvalue weighted by Crippen LogP contribution is -3.00. The lowest BCUT2D eigenvalue weighted by Gasteiger charge is -2.37. The molecule has 0 aliphatic rings. The maximum Gasteiger partial charge on any atom is 0.180 e. The summed E-state index contributed by atoms with van der Waals surface area (Å²) in [6, 6.07) is 0. The van der Waals surface area contributed by atoms with Crippen molar-refractivity contribution >= 4 is 0 Å². The first-order chi connectivity index (χ1) is 7.74. The summed E-state index contributed by atoms with van der Waals surface area (Å²) < 4.78 is 0.946. The zero-order valence-electron chi connectivity index (χ0n) is 12.1. The lowest BCUT2D eigenvalue weighted by molar-refractivity contribution is -0.945. The number of rotatable bonds is 11. The molecule has 0 radical (unpaired) electrons. The van der Waals surface area contributed by atoms with Gasteiger partial charge in [0.05, 0.1) is 19.6 Å². The number of nitrogens with zero attached hydrogens (tertiary/aromatic N) is 1. The molecule has 17 heavy (non-hydrogen) atoms. The Labute approximate surface area is 119 Å². The maximum absolute atomic E-state index is 9.70. The molecule has 0 aliphatic heterocycles. The summed E-state index contributed by atoms with van der Waals surface area (Å²) in [4.78, 5) is 0. The number of quaternary nitrogens is 1. The van der Waals surface area contributed by atoms with E-state index in [0.29, 0.717) is 6.73 Å². The number of hydrogen-bond acceptors (Lipinski definition) is 1. The fraction of sp³-hybridized carbons (Fsp3) is 1.00. The van der Waals surface area contributed by atoms with Crippen molar-refractivity contribution in [2.75, 3.05) is 26.4 Å². The van der Waals surface area contributed by atoms with E-state index in [4.69, 9.17) is 0 Å². The third kappa shape index (κ3) is 9.04. The van der Waals surface area contributed by atoms with Crippen LogP contribution in [-0.2, 0) is 0 Å². The standard InChI is InChI=1S/C14H32NO.BrH/c1-4-7-10-13-15(14-16,11-8-5-2)12-9-6-3;/h16H,4-14H2,1-3H3;1H/q+1;/p-1. The summed E-state index contributed by atoms with van der Waals surface area (Å²) >= 11 is 0. The molecule has 0 spiro atoms. The Morgan fingerprint density at radius 3 is 1.47 bits per heavy atom. The second-order valence-corrected chi connectivity index (χ2v) is 5.07. The Hall–Kier alpha value is 0.400. The van der Waals surface area contributed by atoms with Crippen molar-refractivity contribution in [1.29, 1.82) is 0 Å². The van der Waals surface area contributed by atoms with E-state index in [1.54, 1.807) is 0 Å². The number of unbranched alkanes of at least 4 members (excludes halogenated alkanes) is 4.